The quantitative estimate of drug-likeness (QED) is 0.757. The number of aryl methyl sites for hydroxylation is 1. The lowest BCUT2D eigenvalue weighted by atomic mass is 10.1. The van der Waals surface area contributed by atoms with E-state index >= 15 is 0 Å². The third-order valence-corrected chi connectivity index (χ3v) is 3.00. The van der Waals surface area contributed by atoms with Crippen LogP contribution in [0.2, 0.25) is 0 Å². The number of hydrogen-bond donors (Lipinski definition) is 1. The van der Waals surface area contributed by atoms with E-state index < -0.39 is 0 Å². The minimum absolute atomic E-state index is 0.280. The predicted octanol–water partition coefficient (Wildman–Crippen LogP) is 1.61. The normalized spacial score (nSPS) is 11.2. The maximum absolute atomic E-state index is 5.45. The van der Waals surface area contributed by atoms with Gasteiger partial charge in [-0.2, -0.15) is 0 Å². The highest BCUT2D eigenvalue weighted by Gasteiger charge is 2.10. The van der Waals surface area contributed by atoms with Gasteiger partial charge in [0, 0.05) is 24.1 Å². The number of aromatic nitrogens is 3. The van der Waals surface area contributed by atoms with Crippen molar-refractivity contribution in [1.29, 1.82) is 0 Å². The average molecular weight is 242 g/mol. The molecule has 0 aliphatic rings. The first-order chi connectivity index (χ1) is 8.78. The number of benzene rings is 1. The van der Waals surface area contributed by atoms with E-state index in [1.807, 2.05) is 19.2 Å². The molecule has 0 spiro atoms. The molecule has 0 aliphatic carbocycles. The lowest BCUT2D eigenvalue weighted by molar-refractivity contribution is 0.460. The van der Waals surface area contributed by atoms with E-state index in [1.165, 1.54) is 16.5 Å². The molecular weight excluding hydrogens is 228 g/mol. The molecule has 0 fully saturated rings. The minimum Gasteiger partial charge on any atom is -0.424 e. The van der Waals surface area contributed by atoms with Gasteiger partial charge in [0.2, 0.25) is 11.8 Å². The fourth-order valence-electron chi connectivity index (χ4n) is 2.17. The summed E-state index contributed by atoms with van der Waals surface area (Å²) in [5, 5.41) is 9.08. The third kappa shape index (κ3) is 1.78. The number of fused-ring (bicyclic) bond motifs is 1. The molecule has 5 nitrogen and oxygen atoms in total. The molecule has 0 saturated carbocycles. The molecule has 0 bridgehead atoms. The van der Waals surface area contributed by atoms with Crippen molar-refractivity contribution in [3.8, 4) is 0 Å². The van der Waals surface area contributed by atoms with Crippen molar-refractivity contribution in [2.24, 2.45) is 12.8 Å². The monoisotopic (exact) mass is 242 g/mol. The molecule has 2 heterocycles. The van der Waals surface area contributed by atoms with Gasteiger partial charge >= 0.3 is 0 Å². The summed E-state index contributed by atoms with van der Waals surface area (Å²) >= 11 is 0. The highest BCUT2D eigenvalue weighted by molar-refractivity contribution is 5.84. The lowest BCUT2D eigenvalue weighted by Gasteiger charge is -1.94. The third-order valence-electron chi connectivity index (χ3n) is 3.00. The molecule has 1 aromatic carbocycles. The van der Waals surface area contributed by atoms with Crippen LogP contribution in [0.15, 0.2) is 34.9 Å². The van der Waals surface area contributed by atoms with Crippen molar-refractivity contribution in [3.63, 3.8) is 0 Å². The van der Waals surface area contributed by atoms with E-state index in [4.69, 9.17) is 10.2 Å². The van der Waals surface area contributed by atoms with Crippen LogP contribution >= 0.6 is 0 Å². The summed E-state index contributed by atoms with van der Waals surface area (Å²) in [6.45, 7) is 0.280. The van der Waals surface area contributed by atoms with Crippen molar-refractivity contribution in [2.45, 2.75) is 13.0 Å². The highest BCUT2D eigenvalue weighted by atomic mass is 16.4. The van der Waals surface area contributed by atoms with Crippen LogP contribution in [0.25, 0.3) is 10.9 Å². The first kappa shape index (κ1) is 11.0. The van der Waals surface area contributed by atoms with Gasteiger partial charge in [0.1, 0.15) is 0 Å². The van der Waals surface area contributed by atoms with Gasteiger partial charge in [-0.05, 0) is 11.6 Å². The summed E-state index contributed by atoms with van der Waals surface area (Å²) in [6, 6.07) is 8.26. The number of nitrogens with zero attached hydrogens (tertiary/aromatic N) is 3. The van der Waals surface area contributed by atoms with Crippen molar-refractivity contribution in [3.05, 3.63) is 47.8 Å². The van der Waals surface area contributed by atoms with Crippen LogP contribution in [-0.4, -0.2) is 14.8 Å². The number of nitrogens with two attached hydrogens (primary N) is 1. The van der Waals surface area contributed by atoms with Crippen LogP contribution in [0.3, 0.4) is 0 Å². The van der Waals surface area contributed by atoms with Crippen molar-refractivity contribution >= 4 is 10.9 Å². The van der Waals surface area contributed by atoms with E-state index in [0.29, 0.717) is 18.2 Å². The Labute approximate surface area is 104 Å². The Morgan fingerprint density at radius 1 is 1.22 bits per heavy atom. The Balaban J connectivity index is 1.99. The molecule has 92 valence electrons. The van der Waals surface area contributed by atoms with Gasteiger partial charge in [-0.15, -0.1) is 10.2 Å². The van der Waals surface area contributed by atoms with Crippen LogP contribution in [0.4, 0.5) is 0 Å². The Morgan fingerprint density at radius 2 is 2.00 bits per heavy atom. The summed E-state index contributed by atoms with van der Waals surface area (Å²) in [7, 11) is 2.03. The van der Waals surface area contributed by atoms with E-state index in [-0.39, 0.29) is 6.54 Å². The Hall–Kier alpha value is -2.14. The van der Waals surface area contributed by atoms with Gasteiger partial charge in [-0.1, -0.05) is 18.2 Å². The van der Waals surface area contributed by atoms with Gasteiger partial charge in [0.05, 0.1) is 13.0 Å². The van der Waals surface area contributed by atoms with Crippen LogP contribution in [0.1, 0.15) is 17.3 Å². The molecule has 0 aliphatic heterocycles. The van der Waals surface area contributed by atoms with E-state index in [9.17, 15) is 0 Å². The lowest BCUT2D eigenvalue weighted by Crippen LogP contribution is -1.95. The maximum atomic E-state index is 5.45. The molecule has 2 N–H and O–H groups in total. The Morgan fingerprint density at radius 3 is 2.78 bits per heavy atom. The molecule has 0 atom stereocenters. The molecule has 0 saturated heterocycles. The number of para-hydroxylation sites is 1. The Bertz CT molecular complexity index is 683. The number of rotatable bonds is 3. The SMILES string of the molecule is Cn1cc(Cc2nnc(CN)o2)c2ccccc21. The zero-order valence-electron chi connectivity index (χ0n) is 10.1. The highest BCUT2D eigenvalue weighted by Crippen LogP contribution is 2.22. The van der Waals surface area contributed by atoms with E-state index in [2.05, 4.69) is 33.1 Å². The van der Waals surface area contributed by atoms with E-state index in [0.717, 1.165) is 0 Å². The second-order valence-corrected chi connectivity index (χ2v) is 4.25. The second-order valence-electron chi connectivity index (χ2n) is 4.25. The van der Waals surface area contributed by atoms with Gasteiger partial charge in [-0.25, -0.2) is 0 Å². The zero-order chi connectivity index (χ0) is 12.5. The van der Waals surface area contributed by atoms with Gasteiger partial charge in [0.15, 0.2) is 0 Å². The van der Waals surface area contributed by atoms with Crippen LogP contribution in [0, 0.1) is 0 Å². The molecule has 5 heteroatoms. The van der Waals surface area contributed by atoms with Gasteiger partial charge in [-0.3, -0.25) is 0 Å². The summed E-state index contributed by atoms with van der Waals surface area (Å²) in [5.74, 6) is 1.08. The topological polar surface area (TPSA) is 69.9 Å². The molecule has 0 amide bonds. The standard InChI is InChI=1S/C13H14N4O/c1-17-8-9(10-4-2-3-5-11(10)17)6-12-15-16-13(7-14)18-12/h2-5,8H,6-7,14H2,1H3. The molecular formula is C13H14N4O. The van der Waals surface area contributed by atoms with Gasteiger partial charge in [0.25, 0.3) is 0 Å². The average Bonchev–Trinajstić information content (AvgIpc) is 2.97. The molecule has 3 rings (SSSR count). The van der Waals surface area contributed by atoms with Crippen LogP contribution in [0.5, 0.6) is 0 Å². The van der Waals surface area contributed by atoms with Crippen molar-refractivity contribution < 1.29 is 4.42 Å². The summed E-state index contributed by atoms with van der Waals surface area (Å²) in [6.07, 6.45) is 2.73. The maximum Gasteiger partial charge on any atom is 0.230 e. The Kier molecular flexibility index (Phi) is 2.60. The summed E-state index contributed by atoms with van der Waals surface area (Å²) in [4.78, 5) is 0. The molecule has 2 aromatic heterocycles. The van der Waals surface area contributed by atoms with Gasteiger partial charge < -0.3 is 14.7 Å². The number of hydrogen-bond acceptors (Lipinski definition) is 4. The molecule has 18 heavy (non-hydrogen) atoms. The minimum atomic E-state index is 0.280. The van der Waals surface area contributed by atoms with Crippen LogP contribution < -0.4 is 5.73 Å². The fourth-order valence-corrected chi connectivity index (χ4v) is 2.17. The largest absolute Gasteiger partial charge is 0.424 e. The molecule has 0 radical (unpaired) electrons. The summed E-state index contributed by atoms with van der Waals surface area (Å²) in [5.41, 5.74) is 7.83. The first-order valence-electron chi connectivity index (χ1n) is 5.82. The first-order valence-corrected chi connectivity index (χ1v) is 5.82. The smallest absolute Gasteiger partial charge is 0.230 e. The fraction of sp³-hybridized carbons (Fsp3) is 0.231. The molecule has 3 aromatic rings. The van der Waals surface area contributed by atoms with E-state index in [1.54, 1.807) is 0 Å². The second kappa shape index (κ2) is 4.27. The predicted molar refractivity (Wildman–Crippen MR) is 67.9 cm³/mol. The molecule has 0 unspecified atom stereocenters. The zero-order valence-corrected chi connectivity index (χ0v) is 10.1. The van der Waals surface area contributed by atoms with Crippen molar-refractivity contribution in [1.82, 2.24) is 14.8 Å². The van der Waals surface area contributed by atoms with Crippen LogP contribution in [-0.2, 0) is 20.0 Å². The van der Waals surface area contributed by atoms with Crippen molar-refractivity contribution in [2.75, 3.05) is 0 Å². The summed E-state index contributed by atoms with van der Waals surface area (Å²) < 4.78 is 7.54.